The van der Waals surface area contributed by atoms with Gasteiger partial charge in [-0.2, -0.15) is 0 Å². The third-order valence-electron chi connectivity index (χ3n) is 8.23. The lowest BCUT2D eigenvalue weighted by Crippen LogP contribution is -1.94. The molecule has 0 radical (unpaired) electrons. The van der Waals surface area contributed by atoms with Gasteiger partial charge in [-0.05, 0) is 88.6 Å². The smallest absolute Gasteiger partial charge is 0.00139 e. The summed E-state index contributed by atoms with van der Waals surface area (Å²) in [6.07, 6.45) is 0. The van der Waals surface area contributed by atoms with Crippen LogP contribution in [0.15, 0.2) is 158 Å². The number of hydrogen-bond donors (Lipinski definition) is 0. The lowest BCUT2D eigenvalue weighted by molar-refractivity contribution is 1.62. The van der Waals surface area contributed by atoms with Crippen LogP contribution < -0.4 is 0 Å². The molecule has 0 heterocycles. The largest absolute Gasteiger partial charge is 0.0622 e. The van der Waals surface area contributed by atoms with Gasteiger partial charge in [0.1, 0.15) is 0 Å². The van der Waals surface area contributed by atoms with Crippen molar-refractivity contribution in [3.8, 4) is 33.4 Å². The molecule has 0 bridgehead atoms. The molecule has 0 amide bonds. The fourth-order valence-corrected chi connectivity index (χ4v) is 6.37. The van der Waals surface area contributed by atoms with Crippen molar-refractivity contribution in [2.45, 2.75) is 0 Å². The highest BCUT2D eigenvalue weighted by molar-refractivity contribution is 6.18. The van der Waals surface area contributed by atoms with Crippen molar-refractivity contribution in [2.75, 3.05) is 0 Å². The molecule has 0 nitrogen and oxygen atoms in total. The van der Waals surface area contributed by atoms with Gasteiger partial charge >= 0.3 is 0 Å². The molecule has 0 aromatic heterocycles. The first-order valence-electron chi connectivity index (χ1n) is 13.9. The highest BCUT2D eigenvalue weighted by Gasteiger charge is 2.20. The van der Waals surface area contributed by atoms with Gasteiger partial charge in [0.25, 0.3) is 0 Å². The van der Waals surface area contributed by atoms with E-state index in [9.17, 15) is 0 Å². The number of rotatable bonds is 3. The Morgan fingerprint density at radius 3 is 1.60 bits per heavy atom. The first-order valence-corrected chi connectivity index (χ1v) is 13.9. The monoisotopic (exact) mass is 506 g/mol. The maximum Gasteiger partial charge on any atom is -0.00139 e. The van der Waals surface area contributed by atoms with Crippen molar-refractivity contribution in [2.24, 2.45) is 0 Å². The van der Waals surface area contributed by atoms with Crippen molar-refractivity contribution >= 4 is 43.1 Å². The average Bonchev–Trinajstić information content (AvgIpc) is 3.03. The van der Waals surface area contributed by atoms with E-state index in [1.165, 1.54) is 76.5 Å². The van der Waals surface area contributed by atoms with E-state index in [1.54, 1.807) is 0 Å². The predicted octanol–water partition coefficient (Wildman–Crippen LogP) is 11.3. The summed E-state index contributed by atoms with van der Waals surface area (Å²) in [5.41, 5.74) is 7.57. The van der Waals surface area contributed by atoms with Crippen LogP contribution in [0, 0.1) is 0 Å². The molecule has 8 aromatic carbocycles. The van der Waals surface area contributed by atoms with Gasteiger partial charge in [0.15, 0.2) is 0 Å². The van der Waals surface area contributed by atoms with Gasteiger partial charge in [0, 0.05) is 0 Å². The second-order valence-electron chi connectivity index (χ2n) is 10.5. The molecule has 0 unspecified atom stereocenters. The van der Waals surface area contributed by atoms with Crippen molar-refractivity contribution in [1.29, 1.82) is 0 Å². The normalized spacial score (nSPS) is 11.5. The molecule has 0 aliphatic heterocycles. The molecule has 8 rings (SSSR count). The molecule has 0 saturated heterocycles. The first-order chi connectivity index (χ1) is 19.8. The molecule has 0 atom stereocenters. The van der Waals surface area contributed by atoms with Crippen LogP contribution in [0.5, 0.6) is 0 Å². The minimum atomic E-state index is 1.23. The lowest BCUT2D eigenvalue weighted by atomic mass is 9.82. The summed E-state index contributed by atoms with van der Waals surface area (Å²) in [4.78, 5) is 0. The van der Waals surface area contributed by atoms with E-state index in [1.807, 2.05) is 0 Å². The number of hydrogen-bond acceptors (Lipinski definition) is 0. The lowest BCUT2D eigenvalue weighted by Gasteiger charge is -2.21. The molecular formula is C40H26. The third-order valence-corrected chi connectivity index (χ3v) is 8.23. The quantitative estimate of drug-likeness (QED) is 0.209. The van der Waals surface area contributed by atoms with Crippen LogP contribution in [0.1, 0.15) is 0 Å². The van der Waals surface area contributed by atoms with Crippen LogP contribution in [-0.2, 0) is 0 Å². The van der Waals surface area contributed by atoms with E-state index < -0.39 is 0 Å². The summed E-state index contributed by atoms with van der Waals surface area (Å²) in [5.74, 6) is 0. The summed E-state index contributed by atoms with van der Waals surface area (Å²) in [5, 5.41) is 10.1. The molecule has 0 fully saturated rings. The van der Waals surface area contributed by atoms with Crippen LogP contribution in [0.3, 0.4) is 0 Å². The zero-order valence-electron chi connectivity index (χ0n) is 22.0. The average molecular weight is 507 g/mol. The number of fused-ring (bicyclic) bond motifs is 4. The summed E-state index contributed by atoms with van der Waals surface area (Å²) < 4.78 is 0. The highest BCUT2D eigenvalue weighted by Crippen LogP contribution is 2.47. The standard InChI is InChI=1S/C40H26/c1-2-11-28(12-3-1)35-23-21-29-14-7-9-19-34(29)39(35)40-37(36-20-10-17-27-13-6-8-18-33(27)36)24-22-32-25-30-15-4-5-16-31(30)26-38(32)40/h1-26H. The minimum absolute atomic E-state index is 1.23. The van der Waals surface area contributed by atoms with Gasteiger partial charge in [-0.15, -0.1) is 0 Å². The molecule has 0 spiro atoms. The van der Waals surface area contributed by atoms with Crippen LogP contribution >= 0.6 is 0 Å². The van der Waals surface area contributed by atoms with Crippen LogP contribution in [0.4, 0.5) is 0 Å². The van der Waals surface area contributed by atoms with Crippen molar-refractivity contribution < 1.29 is 0 Å². The Kier molecular flexibility index (Phi) is 5.24. The Morgan fingerprint density at radius 1 is 0.250 bits per heavy atom. The fraction of sp³-hybridized carbons (Fsp3) is 0. The van der Waals surface area contributed by atoms with E-state index in [2.05, 4.69) is 158 Å². The maximum atomic E-state index is 2.39. The summed E-state index contributed by atoms with van der Waals surface area (Å²) in [7, 11) is 0. The Bertz CT molecular complexity index is 2200. The van der Waals surface area contributed by atoms with Crippen molar-refractivity contribution in [3.63, 3.8) is 0 Å². The van der Waals surface area contributed by atoms with Crippen molar-refractivity contribution in [1.82, 2.24) is 0 Å². The van der Waals surface area contributed by atoms with Crippen molar-refractivity contribution in [3.05, 3.63) is 158 Å². The second kappa shape index (κ2) is 9.22. The molecule has 0 saturated carbocycles. The second-order valence-corrected chi connectivity index (χ2v) is 10.5. The Morgan fingerprint density at radius 2 is 0.800 bits per heavy atom. The molecule has 0 aliphatic carbocycles. The van der Waals surface area contributed by atoms with Gasteiger partial charge in [-0.1, -0.05) is 146 Å². The Hall–Kier alpha value is -5.20. The van der Waals surface area contributed by atoms with Crippen LogP contribution in [0.25, 0.3) is 76.5 Å². The third kappa shape index (κ3) is 3.61. The van der Waals surface area contributed by atoms with E-state index in [4.69, 9.17) is 0 Å². The maximum absolute atomic E-state index is 2.39. The van der Waals surface area contributed by atoms with E-state index in [-0.39, 0.29) is 0 Å². The van der Waals surface area contributed by atoms with E-state index in [0.717, 1.165) is 0 Å². The molecule has 8 aromatic rings. The van der Waals surface area contributed by atoms with Gasteiger partial charge < -0.3 is 0 Å². The molecular weight excluding hydrogens is 480 g/mol. The van der Waals surface area contributed by atoms with Gasteiger partial charge in [-0.3, -0.25) is 0 Å². The Balaban J connectivity index is 1.60. The first kappa shape index (κ1) is 22.8. The summed E-state index contributed by atoms with van der Waals surface area (Å²) >= 11 is 0. The zero-order chi connectivity index (χ0) is 26.5. The summed E-state index contributed by atoms with van der Waals surface area (Å²) in [6, 6.07) is 57.7. The minimum Gasteiger partial charge on any atom is -0.0622 e. The molecule has 40 heavy (non-hydrogen) atoms. The molecule has 0 aliphatic rings. The van der Waals surface area contributed by atoms with Gasteiger partial charge in [0.05, 0.1) is 0 Å². The van der Waals surface area contributed by atoms with Crippen LogP contribution in [-0.4, -0.2) is 0 Å². The fourth-order valence-electron chi connectivity index (χ4n) is 6.37. The molecule has 186 valence electrons. The zero-order valence-corrected chi connectivity index (χ0v) is 22.0. The predicted molar refractivity (Wildman–Crippen MR) is 173 cm³/mol. The van der Waals surface area contributed by atoms with Gasteiger partial charge in [0.2, 0.25) is 0 Å². The van der Waals surface area contributed by atoms with E-state index in [0.29, 0.717) is 0 Å². The van der Waals surface area contributed by atoms with Gasteiger partial charge in [-0.25, -0.2) is 0 Å². The topological polar surface area (TPSA) is 0 Å². The highest BCUT2D eigenvalue weighted by atomic mass is 14.2. The molecule has 0 N–H and O–H groups in total. The summed E-state index contributed by atoms with van der Waals surface area (Å²) in [6.45, 7) is 0. The SMILES string of the molecule is c1ccc(-c2ccc3ccccc3c2-c2c(-c3cccc4ccccc34)ccc3cc4ccccc4cc23)cc1. The van der Waals surface area contributed by atoms with E-state index >= 15 is 0 Å². The molecule has 0 heteroatoms. The Labute approximate surface area is 233 Å². The van der Waals surface area contributed by atoms with Crippen LogP contribution in [0.2, 0.25) is 0 Å². The number of benzene rings is 8.